The zero-order valence-electron chi connectivity index (χ0n) is 16.0. The Hall–Kier alpha value is -1.39. The second kappa shape index (κ2) is 6.40. The molecule has 4 nitrogen and oxygen atoms in total. The third kappa shape index (κ3) is 2.89. The van der Waals surface area contributed by atoms with Gasteiger partial charge in [0.2, 0.25) is 5.91 Å². The molecule has 1 heterocycles. The summed E-state index contributed by atoms with van der Waals surface area (Å²) in [5, 5.41) is 0. The van der Waals surface area contributed by atoms with Gasteiger partial charge in [-0.15, -0.1) is 0 Å². The number of nitrogens with zero attached hydrogens (tertiary/aromatic N) is 1. The Morgan fingerprint density at radius 1 is 1.28 bits per heavy atom. The summed E-state index contributed by atoms with van der Waals surface area (Å²) in [5.74, 6) is 0.0929. The minimum Gasteiger partial charge on any atom is -0.378 e. The van der Waals surface area contributed by atoms with Gasteiger partial charge in [-0.1, -0.05) is 51.1 Å². The SMILES string of the molecule is CCOC1CC(N)(C(=O)N2CCCC(C)(c3ccccc3)C2)C1(C)C. The maximum absolute atomic E-state index is 13.3. The molecule has 3 atom stereocenters. The van der Waals surface area contributed by atoms with Crippen molar-refractivity contribution >= 4 is 5.91 Å². The molecule has 1 amide bonds. The Morgan fingerprint density at radius 2 is 1.96 bits per heavy atom. The molecule has 1 aliphatic heterocycles. The lowest BCUT2D eigenvalue weighted by Crippen LogP contribution is -2.76. The first kappa shape index (κ1) is 18.4. The van der Waals surface area contributed by atoms with Gasteiger partial charge >= 0.3 is 0 Å². The predicted molar refractivity (Wildman–Crippen MR) is 100 cm³/mol. The van der Waals surface area contributed by atoms with Crippen molar-refractivity contribution in [3.63, 3.8) is 0 Å². The van der Waals surface area contributed by atoms with Crippen molar-refractivity contribution in [2.75, 3.05) is 19.7 Å². The summed E-state index contributed by atoms with van der Waals surface area (Å²) in [7, 11) is 0. The molecule has 0 radical (unpaired) electrons. The van der Waals surface area contributed by atoms with Crippen molar-refractivity contribution in [3.8, 4) is 0 Å². The molecule has 4 heteroatoms. The monoisotopic (exact) mass is 344 g/mol. The van der Waals surface area contributed by atoms with E-state index in [2.05, 4.69) is 45.0 Å². The average Bonchev–Trinajstić information content (AvgIpc) is 2.61. The van der Waals surface area contributed by atoms with Gasteiger partial charge in [-0.3, -0.25) is 4.79 Å². The van der Waals surface area contributed by atoms with Crippen molar-refractivity contribution in [1.82, 2.24) is 4.90 Å². The van der Waals surface area contributed by atoms with Gasteiger partial charge in [0.05, 0.1) is 6.10 Å². The molecule has 3 rings (SSSR count). The molecule has 0 spiro atoms. The Labute approximate surface area is 151 Å². The van der Waals surface area contributed by atoms with Crippen LogP contribution in [-0.2, 0) is 14.9 Å². The highest BCUT2D eigenvalue weighted by Crippen LogP contribution is 2.51. The van der Waals surface area contributed by atoms with Gasteiger partial charge in [0.15, 0.2) is 0 Å². The van der Waals surface area contributed by atoms with E-state index in [9.17, 15) is 4.79 Å². The minimum atomic E-state index is -0.818. The van der Waals surface area contributed by atoms with E-state index in [1.54, 1.807) is 0 Å². The molecule has 1 aromatic rings. The van der Waals surface area contributed by atoms with E-state index in [1.807, 2.05) is 17.9 Å². The van der Waals surface area contributed by atoms with Crippen LogP contribution in [0.15, 0.2) is 30.3 Å². The largest absolute Gasteiger partial charge is 0.378 e. The zero-order valence-corrected chi connectivity index (χ0v) is 16.0. The fourth-order valence-corrected chi connectivity index (χ4v) is 4.57. The topological polar surface area (TPSA) is 55.6 Å². The van der Waals surface area contributed by atoms with Crippen LogP contribution in [0.25, 0.3) is 0 Å². The third-order valence-corrected chi connectivity index (χ3v) is 6.67. The van der Waals surface area contributed by atoms with Crippen LogP contribution >= 0.6 is 0 Å². The standard InChI is InChI=1S/C21H32N2O2/c1-5-25-17-14-21(22,19(17,2)3)18(24)23-13-9-12-20(4,15-23)16-10-7-6-8-11-16/h6-8,10-11,17H,5,9,12-15,22H2,1-4H3. The number of rotatable bonds is 4. The van der Waals surface area contributed by atoms with Crippen LogP contribution in [0.2, 0.25) is 0 Å². The van der Waals surface area contributed by atoms with E-state index in [-0.39, 0.29) is 22.8 Å². The Kier molecular flexibility index (Phi) is 4.71. The number of hydrogen-bond donors (Lipinski definition) is 1. The molecule has 2 fully saturated rings. The summed E-state index contributed by atoms with van der Waals surface area (Å²) < 4.78 is 5.79. The molecular formula is C21H32N2O2. The fraction of sp³-hybridized carbons (Fsp3) is 0.667. The van der Waals surface area contributed by atoms with Crippen molar-refractivity contribution in [3.05, 3.63) is 35.9 Å². The molecule has 138 valence electrons. The Balaban J connectivity index is 1.77. The summed E-state index contributed by atoms with van der Waals surface area (Å²) in [6.45, 7) is 10.6. The van der Waals surface area contributed by atoms with Gasteiger partial charge in [-0.05, 0) is 25.3 Å². The first-order valence-electron chi connectivity index (χ1n) is 9.50. The van der Waals surface area contributed by atoms with Crippen LogP contribution in [0.5, 0.6) is 0 Å². The maximum atomic E-state index is 13.3. The molecule has 3 unspecified atom stereocenters. The average molecular weight is 344 g/mol. The van der Waals surface area contributed by atoms with Crippen molar-refractivity contribution in [2.45, 2.75) is 64.0 Å². The smallest absolute Gasteiger partial charge is 0.243 e. The number of likely N-dealkylation sites (tertiary alicyclic amines) is 1. The van der Waals surface area contributed by atoms with Gasteiger partial charge in [0.25, 0.3) is 0 Å². The first-order valence-corrected chi connectivity index (χ1v) is 9.50. The van der Waals surface area contributed by atoms with Gasteiger partial charge in [0.1, 0.15) is 5.54 Å². The highest BCUT2D eigenvalue weighted by atomic mass is 16.5. The first-order chi connectivity index (χ1) is 11.7. The van der Waals surface area contributed by atoms with Crippen molar-refractivity contribution in [2.24, 2.45) is 11.1 Å². The lowest BCUT2D eigenvalue weighted by atomic mass is 9.54. The summed E-state index contributed by atoms with van der Waals surface area (Å²) in [6, 6.07) is 10.5. The molecule has 25 heavy (non-hydrogen) atoms. The number of nitrogens with two attached hydrogens (primary N) is 1. The molecule has 1 aliphatic carbocycles. The van der Waals surface area contributed by atoms with E-state index in [0.29, 0.717) is 13.0 Å². The van der Waals surface area contributed by atoms with E-state index < -0.39 is 5.54 Å². The summed E-state index contributed by atoms with van der Waals surface area (Å²) >= 11 is 0. The number of benzene rings is 1. The van der Waals surface area contributed by atoms with E-state index in [4.69, 9.17) is 10.5 Å². The van der Waals surface area contributed by atoms with Crippen LogP contribution in [-0.4, -0.2) is 42.1 Å². The van der Waals surface area contributed by atoms with Crippen molar-refractivity contribution in [1.29, 1.82) is 0 Å². The molecule has 2 aliphatic rings. The van der Waals surface area contributed by atoms with Crippen LogP contribution in [0.1, 0.15) is 52.5 Å². The number of ether oxygens (including phenoxy) is 1. The molecule has 1 aromatic carbocycles. The maximum Gasteiger partial charge on any atom is 0.243 e. The normalized spacial score (nSPS) is 34.4. The van der Waals surface area contributed by atoms with Crippen molar-refractivity contribution < 1.29 is 9.53 Å². The van der Waals surface area contributed by atoms with E-state index in [0.717, 1.165) is 25.9 Å². The van der Waals surface area contributed by atoms with Gasteiger partial charge in [-0.2, -0.15) is 0 Å². The lowest BCUT2D eigenvalue weighted by molar-refractivity contribution is -0.180. The van der Waals surface area contributed by atoms with Crippen LogP contribution in [0, 0.1) is 5.41 Å². The lowest BCUT2D eigenvalue weighted by Gasteiger charge is -2.59. The third-order valence-electron chi connectivity index (χ3n) is 6.67. The van der Waals surface area contributed by atoms with Gasteiger partial charge in [-0.25, -0.2) is 0 Å². The molecular weight excluding hydrogens is 312 g/mol. The predicted octanol–water partition coefficient (Wildman–Crippen LogP) is 3.10. The summed E-state index contributed by atoms with van der Waals surface area (Å²) in [4.78, 5) is 15.3. The van der Waals surface area contributed by atoms with E-state index in [1.165, 1.54) is 5.56 Å². The molecule has 1 saturated heterocycles. The van der Waals surface area contributed by atoms with E-state index >= 15 is 0 Å². The Bertz CT molecular complexity index is 630. The molecule has 1 saturated carbocycles. The van der Waals surface area contributed by atoms with Crippen LogP contribution in [0.4, 0.5) is 0 Å². The summed E-state index contributed by atoms with van der Waals surface area (Å²) in [6.07, 6.45) is 2.80. The highest BCUT2D eigenvalue weighted by Gasteiger charge is 2.64. The second-order valence-corrected chi connectivity index (χ2v) is 8.60. The van der Waals surface area contributed by atoms with Crippen LogP contribution < -0.4 is 5.73 Å². The van der Waals surface area contributed by atoms with Gasteiger partial charge in [0, 0.05) is 36.9 Å². The summed E-state index contributed by atoms with van der Waals surface area (Å²) in [5.41, 5.74) is 6.78. The second-order valence-electron chi connectivity index (χ2n) is 8.60. The van der Waals surface area contributed by atoms with Crippen LogP contribution in [0.3, 0.4) is 0 Å². The molecule has 0 aromatic heterocycles. The zero-order chi connectivity index (χ0) is 18.3. The highest BCUT2D eigenvalue weighted by molar-refractivity contribution is 5.89. The van der Waals surface area contributed by atoms with Gasteiger partial charge < -0.3 is 15.4 Å². The number of hydrogen-bond acceptors (Lipinski definition) is 3. The molecule has 2 N–H and O–H groups in total. The molecule has 0 bridgehead atoms. The Morgan fingerprint density at radius 3 is 2.56 bits per heavy atom. The number of carbonyl (C=O) groups excluding carboxylic acids is 1. The minimum absolute atomic E-state index is 0.00125. The number of piperidine rings is 1. The quantitative estimate of drug-likeness (QED) is 0.913. The fourth-order valence-electron chi connectivity index (χ4n) is 4.57. The number of amides is 1. The number of carbonyl (C=O) groups is 1.